The lowest BCUT2D eigenvalue weighted by molar-refractivity contribution is 0.315. The third-order valence-electron chi connectivity index (χ3n) is 6.42. The first-order valence-corrected chi connectivity index (χ1v) is 9.31. The van der Waals surface area contributed by atoms with E-state index < -0.39 is 0 Å². The van der Waals surface area contributed by atoms with Crippen molar-refractivity contribution in [3.05, 3.63) is 95.1 Å². The summed E-state index contributed by atoms with van der Waals surface area (Å²) in [6.07, 6.45) is 1.09. The molecule has 3 aromatic carbocycles. The number of para-hydroxylation sites is 1. The molecule has 1 heterocycles. The SMILES string of the molecule is COc1cccc2c1N[C@@H](c1ccccc1)[C@H]1Cc3ccccc3[C@@]21C. The molecule has 1 N–H and O–H groups in total. The minimum absolute atomic E-state index is 0.0216. The van der Waals surface area contributed by atoms with Gasteiger partial charge in [-0.05, 0) is 34.7 Å². The Morgan fingerprint density at radius 1 is 0.885 bits per heavy atom. The van der Waals surface area contributed by atoms with Gasteiger partial charge < -0.3 is 10.1 Å². The van der Waals surface area contributed by atoms with Gasteiger partial charge >= 0.3 is 0 Å². The predicted octanol–water partition coefficient (Wildman–Crippen LogP) is 5.34. The number of benzene rings is 3. The fourth-order valence-electron chi connectivity index (χ4n) is 5.16. The van der Waals surface area contributed by atoms with Crippen LogP contribution in [0.5, 0.6) is 5.75 Å². The van der Waals surface area contributed by atoms with Gasteiger partial charge in [-0.2, -0.15) is 0 Å². The van der Waals surface area contributed by atoms with Crippen LogP contribution in [-0.4, -0.2) is 7.11 Å². The molecule has 0 saturated heterocycles. The van der Waals surface area contributed by atoms with Gasteiger partial charge in [0, 0.05) is 11.3 Å². The van der Waals surface area contributed by atoms with E-state index in [2.05, 4.69) is 85.0 Å². The zero-order chi connectivity index (χ0) is 17.7. The van der Waals surface area contributed by atoms with Gasteiger partial charge in [-0.1, -0.05) is 73.7 Å². The molecule has 3 atom stereocenters. The average Bonchev–Trinajstić information content (AvgIpc) is 3.01. The number of ether oxygens (including phenoxy) is 1. The fraction of sp³-hybridized carbons (Fsp3) is 0.250. The Bertz CT molecular complexity index is 965. The van der Waals surface area contributed by atoms with Crippen molar-refractivity contribution in [3.63, 3.8) is 0 Å². The minimum Gasteiger partial charge on any atom is -0.495 e. The maximum atomic E-state index is 5.72. The number of hydrogen-bond acceptors (Lipinski definition) is 2. The van der Waals surface area contributed by atoms with Crippen LogP contribution in [0.4, 0.5) is 5.69 Å². The maximum Gasteiger partial charge on any atom is 0.142 e. The lowest BCUT2D eigenvalue weighted by atomic mass is 9.64. The normalized spacial score (nSPS) is 25.6. The molecule has 0 saturated carbocycles. The molecular formula is C24H23NO. The largest absolute Gasteiger partial charge is 0.495 e. The van der Waals surface area contributed by atoms with E-state index in [-0.39, 0.29) is 11.5 Å². The van der Waals surface area contributed by atoms with Crippen LogP contribution in [0.2, 0.25) is 0 Å². The number of rotatable bonds is 2. The summed E-state index contributed by atoms with van der Waals surface area (Å²) in [5.41, 5.74) is 6.73. The smallest absolute Gasteiger partial charge is 0.142 e. The van der Waals surface area contributed by atoms with Crippen molar-refractivity contribution >= 4 is 5.69 Å². The molecular weight excluding hydrogens is 318 g/mol. The zero-order valence-electron chi connectivity index (χ0n) is 15.2. The Labute approximate surface area is 154 Å². The average molecular weight is 341 g/mol. The lowest BCUT2D eigenvalue weighted by Crippen LogP contribution is -2.41. The van der Waals surface area contributed by atoms with Crippen LogP contribution in [0.3, 0.4) is 0 Å². The molecule has 0 unspecified atom stereocenters. The van der Waals surface area contributed by atoms with E-state index in [0.29, 0.717) is 5.92 Å². The Hall–Kier alpha value is -2.74. The van der Waals surface area contributed by atoms with Gasteiger partial charge in [0.2, 0.25) is 0 Å². The predicted molar refractivity (Wildman–Crippen MR) is 106 cm³/mol. The zero-order valence-corrected chi connectivity index (χ0v) is 15.2. The van der Waals surface area contributed by atoms with Crippen LogP contribution in [-0.2, 0) is 11.8 Å². The fourth-order valence-corrected chi connectivity index (χ4v) is 5.16. The van der Waals surface area contributed by atoms with Crippen molar-refractivity contribution in [3.8, 4) is 5.75 Å². The molecule has 0 fully saturated rings. The van der Waals surface area contributed by atoms with Crippen molar-refractivity contribution in [1.29, 1.82) is 0 Å². The monoisotopic (exact) mass is 341 g/mol. The molecule has 2 aliphatic rings. The van der Waals surface area contributed by atoms with E-state index in [4.69, 9.17) is 4.74 Å². The van der Waals surface area contributed by atoms with Gasteiger partial charge in [0.1, 0.15) is 5.75 Å². The first-order valence-electron chi connectivity index (χ1n) is 9.31. The second-order valence-electron chi connectivity index (χ2n) is 7.59. The lowest BCUT2D eigenvalue weighted by Gasteiger charge is -2.45. The van der Waals surface area contributed by atoms with Crippen LogP contribution < -0.4 is 10.1 Å². The second kappa shape index (κ2) is 5.63. The van der Waals surface area contributed by atoms with E-state index in [1.165, 1.54) is 22.3 Å². The summed E-state index contributed by atoms with van der Waals surface area (Å²) in [7, 11) is 1.76. The van der Waals surface area contributed by atoms with Crippen molar-refractivity contribution in [2.75, 3.05) is 12.4 Å². The Morgan fingerprint density at radius 2 is 1.62 bits per heavy atom. The number of methoxy groups -OCH3 is 1. The molecule has 1 aliphatic heterocycles. The summed E-state index contributed by atoms with van der Waals surface area (Å²) in [4.78, 5) is 0. The molecule has 2 heteroatoms. The van der Waals surface area contributed by atoms with Gasteiger partial charge in [-0.25, -0.2) is 0 Å². The topological polar surface area (TPSA) is 21.3 Å². The van der Waals surface area contributed by atoms with Crippen LogP contribution >= 0.6 is 0 Å². The molecule has 0 aromatic heterocycles. The maximum absolute atomic E-state index is 5.72. The number of nitrogens with one attached hydrogen (secondary N) is 1. The van der Waals surface area contributed by atoms with Crippen LogP contribution in [0, 0.1) is 5.92 Å². The molecule has 1 aliphatic carbocycles. The van der Waals surface area contributed by atoms with E-state index in [1.807, 2.05) is 0 Å². The highest BCUT2D eigenvalue weighted by Crippen LogP contribution is 2.59. The number of fused-ring (bicyclic) bond motifs is 5. The summed E-state index contributed by atoms with van der Waals surface area (Å²) in [5.74, 6) is 1.40. The van der Waals surface area contributed by atoms with Gasteiger partial charge in [-0.3, -0.25) is 0 Å². The molecule has 130 valence electrons. The summed E-state index contributed by atoms with van der Waals surface area (Å²) in [5, 5.41) is 3.84. The highest BCUT2D eigenvalue weighted by Gasteiger charge is 2.52. The first kappa shape index (κ1) is 15.5. The third kappa shape index (κ3) is 1.99. The third-order valence-corrected chi connectivity index (χ3v) is 6.42. The quantitative estimate of drug-likeness (QED) is 0.679. The summed E-state index contributed by atoms with van der Waals surface area (Å²) < 4.78 is 5.72. The molecule has 0 bridgehead atoms. The van der Waals surface area contributed by atoms with E-state index >= 15 is 0 Å². The summed E-state index contributed by atoms with van der Waals surface area (Å²) in [6, 6.07) is 26.5. The van der Waals surface area contributed by atoms with Crippen LogP contribution in [0.1, 0.15) is 35.2 Å². The van der Waals surface area contributed by atoms with Crippen molar-refractivity contribution in [2.45, 2.75) is 24.8 Å². The molecule has 0 radical (unpaired) electrons. The summed E-state index contributed by atoms with van der Waals surface area (Å²) >= 11 is 0. The van der Waals surface area contributed by atoms with Gasteiger partial charge in [0.05, 0.1) is 18.8 Å². The molecule has 0 amide bonds. The highest BCUT2D eigenvalue weighted by atomic mass is 16.5. The standard InChI is InChI=1S/C24H23NO/c1-24-18-12-7-6-11-17(18)15-20(24)22(16-9-4-3-5-10-16)25-23-19(24)13-8-14-21(23)26-2/h3-14,20,22,25H,15H2,1-2H3/t20-,22+,24+/m1/s1. The number of anilines is 1. The van der Waals surface area contributed by atoms with Gasteiger partial charge in [-0.15, -0.1) is 0 Å². The summed E-state index contributed by atoms with van der Waals surface area (Å²) in [6.45, 7) is 2.42. The van der Waals surface area contributed by atoms with Gasteiger partial charge in [0.25, 0.3) is 0 Å². The first-order chi connectivity index (χ1) is 12.7. The van der Waals surface area contributed by atoms with E-state index in [1.54, 1.807) is 7.11 Å². The Morgan fingerprint density at radius 3 is 2.42 bits per heavy atom. The van der Waals surface area contributed by atoms with Gasteiger partial charge in [0.15, 0.2) is 0 Å². The molecule has 3 aromatic rings. The van der Waals surface area contributed by atoms with Crippen LogP contribution in [0.25, 0.3) is 0 Å². The second-order valence-corrected chi connectivity index (χ2v) is 7.59. The van der Waals surface area contributed by atoms with Crippen LogP contribution in [0.15, 0.2) is 72.8 Å². The van der Waals surface area contributed by atoms with Crippen molar-refractivity contribution in [2.24, 2.45) is 5.92 Å². The Kier molecular flexibility index (Phi) is 3.36. The molecule has 2 nitrogen and oxygen atoms in total. The van der Waals surface area contributed by atoms with E-state index in [9.17, 15) is 0 Å². The van der Waals surface area contributed by atoms with Crippen molar-refractivity contribution < 1.29 is 4.74 Å². The van der Waals surface area contributed by atoms with E-state index in [0.717, 1.165) is 17.9 Å². The Balaban J connectivity index is 1.78. The molecule has 26 heavy (non-hydrogen) atoms. The molecule has 0 spiro atoms. The minimum atomic E-state index is -0.0216. The highest BCUT2D eigenvalue weighted by molar-refractivity contribution is 5.71. The number of hydrogen-bond donors (Lipinski definition) is 1. The van der Waals surface area contributed by atoms with Crippen molar-refractivity contribution in [1.82, 2.24) is 0 Å². The molecule has 5 rings (SSSR count).